The van der Waals surface area contributed by atoms with Crippen molar-refractivity contribution in [2.24, 2.45) is 5.92 Å². The van der Waals surface area contributed by atoms with Gasteiger partial charge in [-0.1, -0.05) is 44.2 Å². The van der Waals surface area contributed by atoms with Crippen molar-refractivity contribution in [3.05, 3.63) is 69.9 Å². The van der Waals surface area contributed by atoms with Crippen LogP contribution in [0.4, 0.5) is 13.2 Å². The Hall–Kier alpha value is -2.70. The highest BCUT2D eigenvalue weighted by atomic mass is 19.4. The van der Waals surface area contributed by atoms with Gasteiger partial charge < -0.3 is 4.74 Å². The van der Waals surface area contributed by atoms with E-state index >= 15 is 0 Å². The number of nitrogens with zero attached hydrogens (tertiary/aromatic N) is 4. The first-order valence-corrected chi connectivity index (χ1v) is 17.1. The summed E-state index contributed by atoms with van der Waals surface area (Å²) >= 11 is 0. The number of fused-ring (bicyclic) bond motifs is 1. The van der Waals surface area contributed by atoms with E-state index in [-0.39, 0.29) is 29.4 Å². The summed E-state index contributed by atoms with van der Waals surface area (Å²) in [4.78, 5) is 18.5. The molecule has 1 unspecified atom stereocenters. The number of ether oxygens (including phenoxy) is 1. The second-order valence-electron chi connectivity index (χ2n) is 14.1. The lowest BCUT2D eigenvalue weighted by Crippen LogP contribution is -2.52. The van der Waals surface area contributed by atoms with Crippen molar-refractivity contribution in [3.63, 3.8) is 0 Å². The Bertz CT molecular complexity index is 1580. The molecule has 7 rings (SSSR count). The molecule has 11 heteroatoms. The molecular weight excluding hydrogens is 593 g/mol. The van der Waals surface area contributed by atoms with E-state index in [0.29, 0.717) is 23.7 Å². The summed E-state index contributed by atoms with van der Waals surface area (Å²) < 4.78 is 51.3. The van der Waals surface area contributed by atoms with Crippen molar-refractivity contribution in [3.8, 4) is 5.69 Å². The van der Waals surface area contributed by atoms with Crippen molar-refractivity contribution in [2.45, 2.75) is 107 Å². The highest BCUT2D eigenvalue weighted by molar-refractivity contribution is 5.58. The standard InChI is InChI=1S/C35H47F3N6O2/c1-41-32(39-40-34(41)15-5-3-4-6-16-34)31(25-9-7-10-25)26-11-8-12-27(20-26)43-23-30-29(35(36,37)38)19-24(22-44(30)33(43)45)21-42-17-13-28(46-2)14-18-42/h8,11-12,19-20,22-23,25,28,31-32,39-40H,3-7,9-10,13-18,21H2,1-2H3/t31-,32?/m1/s1. The third-order valence-electron chi connectivity index (χ3n) is 11.4. The Labute approximate surface area is 268 Å². The number of halogens is 3. The summed E-state index contributed by atoms with van der Waals surface area (Å²) in [5.41, 5.74) is 8.07. The quantitative estimate of drug-likeness (QED) is 0.330. The Morgan fingerprint density at radius 3 is 2.39 bits per heavy atom. The SMILES string of the molecule is COC1CCN(Cc2cc(C(F)(F)F)c3cn(-c4cccc([C@@H](C5CCC5)C5NNC6(CCCCCC6)N5C)c4)c(=O)n3c2)CC1. The van der Waals surface area contributed by atoms with Crippen LogP contribution in [0.5, 0.6) is 0 Å². The maximum absolute atomic E-state index is 14.4. The molecule has 2 atom stereocenters. The van der Waals surface area contributed by atoms with Crippen LogP contribution in [0, 0.1) is 5.92 Å². The maximum atomic E-state index is 14.4. The van der Waals surface area contributed by atoms with Gasteiger partial charge in [0.2, 0.25) is 0 Å². The van der Waals surface area contributed by atoms with Crippen LogP contribution in [0.15, 0.2) is 47.5 Å². The van der Waals surface area contributed by atoms with E-state index in [9.17, 15) is 18.0 Å². The predicted molar refractivity (Wildman–Crippen MR) is 172 cm³/mol. The number of aromatic nitrogens is 2. The van der Waals surface area contributed by atoms with Crippen molar-refractivity contribution in [1.29, 1.82) is 0 Å². The molecule has 0 amide bonds. The Balaban J connectivity index is 1.22. The number of pyridine rings is 1. The molecule has 2 saturated carbocycles. The van der Waals surface area contributed by atoms with Crippen LogP contribution in [0.25, 0.3) is 11.2 Å². The molecule has 4 fully saturated rings. The number of hydrogen-bond acceptors (Lipinski definition) is 6. The summed E-state index contributed by atoms with van der Waals surface area (Å²) in [5.74, 6) is 0.678. The van der Waals surface area contributed by atoms with Gasteiger partial charge in [0, 0.05) is 45.1 Å². The average Bonchev–Trinajstić information content (AvgIpc) is 3.39. The topological polar surface area (TPSA) is 66.2 Å². The number of likely N-dealkylation sites (tertiary alicyclic amines) is 1. The van der Waals surface area contributed by atoms with Crippen molar-refractivity contribution in [2.75, 3.05) is 27.2 Å². The number of hydrogen-bond donors (Lipinski definition) is 2. The number of alkyl halides is 3. The molecule has 8 nitrogen and oxygen atoms in total. The summed E-state index contributed by atoms with van der Waals surface area (Å²) in [5, 5.41) is 0. The lowest BCUT2D eigenvalue weighted by atomic mass is 9.71. The molecule has 2 saturated heterocycles. The van der Waals surface area contributed by atoms with E-state index in [1.165, 1.54) is 53.3 Å². The Morgan fingerprint density at radius 1 is 1.00 bits per heavy atom. The molecular formula is C35H47F3N6O2. The molecule has 1 spiro atoms. The number of imidazole rings is 1. The molecule has 46 heavy (non-hydrogen) atoms. The largest absolute Gasteiger partial charge is 0.418 e. The van der Waals surface area contributed by atoms with Crippen molar-refractivity contribution < 1.29 is 17.9 Å². The van der Waals surface area contributed by atoms with Gasteiger partial charge in [0.05, 0.1) is 34.7 Å². The predicted octanol–water partition coefficient (Wildman–Crippen LogP) is 6.02. The zero-order valence-electron chi connectivity index (χ0n) is 27.0. The van der Waals surface area contributed by atoms with Gasteiger partial charge in [-0.3, -0.25) is 18.8 Å². The minimum absolute atomic E-state index is 0.0663. The zero-order chi connectivity index (χ0) is 32.1. The normalized spacial score (nSPS) is 24.4. The van der Waals surface area contributed by atoms with Gasteiger partial charge >= 0.3 is 11.9 Å². The van der Waals surface area contributed by atoms with E-state index in [0.717, 1.165) is 57.2 Å². The van der Waals surface area contributed by atoms with Gasteiger partial charge in [0.1, 0.15) is 0 Å². The molecule has 2 N–H and O–H groups in total. The molecule has 4 aliphatic rings. The summed E-state index contributed by atoms with van der Waals surface area (Å²) in [6, 6.07) is 9.11. The van der Waals surface area contributed by atoms with E-state index < -0.39 is 17.4 Å². The number of methoxy groups -OCH3 is 1. The summed E-state index contributed by atoms with van der Waals surface area (Å²) in [6.07, 6.45) is 10.9. The fourth-order valence-corrected chi connectivity index (χ4v) is 8.48. The van der Waals surface area contributed by atoms with E-state index in [1.54, 1.807) is 13.3 Å². The lowest BCUT2D eigenvalue weighted by molar-refractivity contribution is -0.136. The number of piperidine rings is 1. The third kappa shape index (κ3) is 5.94. The third-order valence-corrected chi connectivity index (χ3v) is 11.4. The maximum Gasteiger partial charge on any atom is 0.418 e. The van der Waals surface area contributed by atoms with Gasteiger partial charge in [-0.05, 0) is 80.8 Å². The van der Waals surface area contributed by atoms with Crippen LogP contribution in [0.3, 0.4) is 0 Å². The van der Waals surface area contributed by atoms with E-state index in [4.69, 9.17) is 4.74 Å². The zero-order valence-corrected chi connectivity index (χ0v) is 27.0. The summed E-state index contributed by atoms with van der Waals surface area (Å²) in [7, 11) is 3.92. The monoisotopic (exact) mass is 640 g/mol. The highest BCUT2D eigenvalue weighted by Crippen LogP contribution is 2.45. The van der Waals surface area contributed by atoms with Crippen LogP contribution in [-0.4, -0.2) is 63.9 Å². The average molecular weight is 641 g/mol. The van der Waals surface area contributed by atoms with Crippen LogP contribution in [0.1, 0.15) is 93.2 Å². The molecule has 4 heterocycles. The minimum Gasteiger partial charge on any atom is -0.381 e. The number of hydrazine groups is 1. The van der Waals surface area contributed by atoms with Crippen molar-refractivity contribution in [1.82, 2.24) is 29.6 Å². The highest BCUT2D eigenvalue weighted by Gasteiger charge is 2.48. The van der Waals surface area contributed by atoms with E-state index in [1.807, 2.05) is 18.2 Å². The second-order valence-corrected chi connectivity index (χ2v) is 14.1. The Morgan fingerprint density at radius 2 is 1.74 bits per heavy atom. The number of likely N-dealkylation sites (N-methyl/N-ethyl adjacent to an activating group) is 1. The minimum atomic E-state index is -4.60. The smallest absolute Gasteiger partial charge is 0.381 e. The first-order chi connectivity index (χ1) is 22.2. The van der Waals surface area contributed by atoms with Gasteiger partial charge in [-0.15, -0.1) is 0 Å². The van der Waals surface area contributed by atoms with Crippen LogP contribution in [0.2, 0.25) is 0 Å². The van der Waals surface area contributed by atoms with Crippen LogP contribution in [-0.2, 0) is 17.5 Å². The van der Waals surface area contributed by atoms with Gasteiger partial charge in [-0.25, -0.2) is 15.6 Å². The van der Waals surface area contributed by atoms with E-state index in [2.05, 4.69) is 33.8 Å². The fraction of sp³-hybridized carbons (Fsp3) is 0.629. The second kappa shape index (κ2) is 12.7. The molecule has 2 aliphatic carbocycles. The molecule has 250 valence electrons. The first-order valence-electron chi connectivity index (χ1n) is 17.1. The molecule has 0 radical (unpaired) electrons. The van der Waals surface area contributed by atoms with Crippen LogP contribution < -0.4 is 16.5 Å². The molecule has 2 aromatic heterocycles. The fourth-order valence-electron chi connectivity index (χ4n) is 8.48. The number of rotatable bonds is 7. The number of nitrogens with one attached hydrogen (secondary N) is 2. The Kier molecular flexibility index (Phi) is 8.82. The van der Waals surface area contributed by atoms with Gasteiger partial charge in [0.25, 0.3) is 0 Å². The van der Waals surface area contributed by atoms with Crippen molar-refractivity contribution >= 4 is 5.52 Å². The summed E-state index contributed by atoms with van der Waals surface area (Å²) in [6.45, 7) is 1.83. The van der Waals surface area contributed by atoms with Gasteiger partial charge in [-0.2, -0.15) is 13.2 Å². The molecule has 3 aromatic rings. The van der Waals surface area contributed by atoms with Gasteiger partial charge in [0.15, 0.2) is 0 Å². The van der Waals surface area contributed by atoms with Crippen LogP contribution >= 0.6 is 0 Å². The molecule has 0 bridgehead atoms. The first kappa shape index (κ1) is 31.9. The lowest BCUT2D eigenvalue weighted by Gasteiger charge is -2.43. The molecule has 2 aliphatic heterocycles. The number of benzene rings is 1. The molecule has 1 aromatic carbocycles.